The third-order valence-electron chi connectivity index (χ3n) is 2.17. The van der Waals surface area contributed by atoms with Crippen molar-refractivity contribution in [3.05, 3.63) is 28.6 Å². The Balaban J connectivity index is 2.64. The second-order valence-electron chi connectivity index (χ2n) is 3.78. The van der Waals surface area contributed by atoms with E-state index in [1.807, 2.05) is 0 Å². The molecule has 0 bridgehead atoms. The molecule has 0 saturated carbocycles. The normalized spacial score (nSPS) is 12.3. The van der Waals surface area contributed by atoms with Crippen LogP contribution >= 0.6 is 0 Å². The first-order chi connectivity index (χ1) is 9.94. The number of rotatable bonds is 4. The molecule has 0 aliphatic carbocycles. The van der Waals surface area contributed by atoms with Crippen LogP contribution in [0.3, 0.4) is 0 Å². The highest BCUT2D eigenvalue weighted by atomic mass is 32.3. The molecule has 0 aliphatic rings. The highest BCUT2D eigenvalue weighted by Gasteiger charge is 2.17. The number of hydrogen-bond acceptors (Lipinski definition) is 9. The van der Waals surface area contributed by atoms with E-state index >= 15 is 0 Å². The molecule has 22 heavy (non-hydrogen) atoms. The molecule has 0 atom stereocenters. The molecule has 120 valence electrons. The summed E-state index contributed by atoms with van der Waals surface area (Å²) in [7, 11) is -9.93. The summed E-state index contributed by atoms with van der Waals surface area (Å²) in [6.07, 6.45) is 0. The van der Waals surface area contributed by atoms with Crippen LogP contribution in [-0.2, 0) is 20.8 Å². The Labute approximate surface area is 122 Å². The largest absolute Gasteiger partial charge is 0.504 e. The summed E-state index contributed by atoms with van der Waals surface area (Å²) in [4.78, 5) is 11.4. The highest BCUT2D eigenvalue weighted by Crippen LogP contribution is 2.32. The molecule has 1 heterocycles. The van der Waals surface area contributed by atoms with Crippen LogP contribution in [0.2, 0.25) is 0 Å². The molecule has 0 spiro atoms. The Morgan fingerprint density at radius 2 is 1.41 bits per heavy atom. The molecule has 0 radical (unpaired) electrons. The average Bonchev–Trinajstić information content (AvgIpc) is 2.29. The topological polar surface area (TPSA) is 178 Å². The molecule has 0 unspecified atom stereocenters. The van der Waals surface area contributed by atoms with Gasteiger partial charge in [-0.3, -0.25) is 9.11 Å². The van der Waals surface area contributed by atoms with Crippen LogP contribution in [0.1, 0.15) is 0 Å². The summed E-state index contributed by atoms with van der Waals surface area (Å²) in [6, 6.07) is 2.39. The van der Waals surface area contributed by atoms with Crippen LogP contribution in [0.25, 0.3) is 11.0 Å². The van der Waals surface area contributed by atoms with Crippen LogP contribution in [0, 0.1) is 0 Å². The van der Waals surface area contributed by atoms with Crippen molar-refractivity contribution in [3.63, 3.8) is 0 Å². The highest BCUT2D eigenvalue weighted by molar-refractivity contribution is 7.81. The first-order valence-corrected chi connectivity index (χ1v) is 7.82. The predicted octanol–water partition coefficient (Wildman–Crippen LogP) is -0.138. The maximum atomic E-state index is 11.4. The predicted molar refractivity (Wildman–Crippen MR) is 68.5 cm³/mol. The van der Waals surface area contributed by atoms with Gasteiger partial charge in [-0.25, -0.2) is 4.79 Å². The second-order valence-corrected chi connectivity index (χ2v) is 5.82. The SMILES string of the molecule is O=c1oc2cc(O)c(OS(=O)(=O)O)cc2cc1OS(=O)(=O)O. The van der Waals surface area contributed by atoms with Crippen molar-refractivity contribution >= 4 is 31.8 Å². The van der Waals surface area contributed by atoms with Gasteiger partial charge in [0.15, 0.2) is 11.5 Å². The summed E-state index contributed by atoms with van der Waals surface area (Å²) in [5.74, 6) is -2.42. The Kier molecular flexibility index (Phi) is 3.74. The summed E-state index contributed by atoms with van der Waals surface area (Å²) < 4.78 is 72.1. The van der Waals surface area contributed by atoms with Crippen LogP contribution in [0.15, 0.2) is 27.4 Å². The minimum Gasteiger partial charge on any atom is -0.504 e. The molecule has 3 N–H and O–H groups in total. The maximum Gasteiger partial charge on any atom is 0.446 e. The molecule has 0 amide bonds. The Bertz CT molecular complexity index is 1000. The number of phenolic OH excluding ortho intramolecular Hbond substituents is 1. The molecule has 1 aromatic carbocycles. The number of aromatic hydroxyl groups is 1. The zero-order valence-electron chi connectivity index (χ0n) is 10.2. The number of phenols is 1. The smallest absolute Gasteiger partial charge is 0.446 e. The van der Waals surface area contributed by atoms with Gasteiger partial charge in [0.1, 0.15) is 5.58 Å². The molecule has 0 fully saturated rings. The second kappa shape index (κ2) is 5.13. The Morgan fingerprint density at radius 3 is 1.95 bits per heavy atom. The zero-order chi connectivity index (χ0) is 16.7. The van der Waals surface area contributed by atoms with Crippen molar-refractivity contribution in [2.24, 2.45) is 0 Å². The van der Waals surface area contributed by atoms with Gasteiger partial charge >= 0.3 is 26.4 Å². The van der Waals surface area contributed by atoms with E-state index < -0.39 is 43.7 Å². The van der Waals surface area contributed by atoms with Crippen molar-refractivity contribution in [1.29, 1.82) is 0 Å². The molecule has 11 nitrogen and oxygen atoms in total. The van der Waals surface area contributed by atoms with E-state index in [-0.39, 0.29) is 11.0 Å². The maximum absolute atomic E-state index is 11.4. The Hall–Kier alpha value is -2.35. The summed E-state index contributed by atoms with van der Waals surface area (Å²) in [5, 5.41) is 9.36. The van der Waals surface area contributed by atoms with Gasteiger partial charge in [0.05, 0.1) is 0 Å². The van der Waals surface area contributed by atoms with E-state index in [9.17, 15) is 26.7 Å². The summed E-state index contributed by atoms with van der Waals surface area (Å²) >= 11 is 0. The number of hydrogen-bond donors (Lipinski definition) is 3. The molecule has 2 rings (SSSR count). The molecular weight excluding hydrogens is 348 g/mol. The third-order valence-corrected chi connectivity index (χ3v) is 2.95. The molecule has 0 aliphatic heterocycles. The van der Waals surface area contributed by atoms with Gasteiger partial charge in [0, 0.05) is 17.5 Å². The van der Waals surface area contributed by atoms with E-state index in [0.29, 0.717) is 0 Å². The van der Waals surface area contributed by atoms with Crippen molar-refractivity contribution in [2.45, 2.75) is 0 Å². The van der Waals surface area contributed by atoms with Crippen LogP contribution in [0.5, 0.6) is 17.2 Å². The van der Waals surface area contributed by atoms with Gasteiger partial charge in [0.25, 0.3) is 0 Å². The molecule has 0 saturated heterocycles. The minimum absolute atomic E-state index is 0.130. The lowest BCUT2D eigenvalue weighted by Gasteiger charge is -2.06. The fourth-order valence-corrected chi connectivity index (χ4v) is 2.17. The van der Waals surface area contributed by atoms with E-state index in [1.165, 1.54) is 0 Å². The van der Waals surface area contributed by atoms with Crippen molar-refractivity contribution in [3.8, 4) is 17.2 Å². The zero-order valence-corrected chi connectivity index (χ0v) is 11.8. The third kappa shape index (κ3) is 3.85. The monoisotopic (exact) mass is 354 g/mol. The van der Waals surface area contributed by atoms with Gasteiger partial charge in [0.2, 0.25) is 5.75 Å². The van der Waals surface area contributed by atoms with E-state index in [4.69, 9.17) is 9.11 Å². The quantitative estimate of drug-likeness (QED) is 0.491. The van der Waals surface area contributed by atoms with Gasteiger partial charge < -0.3 is 17.9 Å². The van der Waals surface area contributed by atoms with Crippen LogP contribution in [-0.4, -0.2) is 31.0 Å². The first kappa shape index (κ1) is 16.0. The fourth-order valence-electron chi connectivity index (χ4n) is 1.47. The lowest BCUT2D eigenvalue weighted by Crippen LogP contribution is -2.13. The Morgan fingerprint density at radius 1 is 0.909 bits per heavy atom. The molecule has 2 aromatic rings. The van der Waals surface area contributed by atoms with E-state index in [1.54, 1.807) is 0 Å². The van der Waals surface area contributed by atoms with Gasteiger partial charge in [-0.1, -0.05) is 0 Å². The average molecular weight is 354 g/mol. The number of fused-ring (bicyclic) bond motifs is 1. The first-order valence-electron chi connectivity index (χ1n) is 5.09. The molecular formula is C9H6O11S2. The molecule has 13 heteroatoms. The van der Waals surface area contributed by atoms with Gasteiger partial charge in [-0.2, -0.15) is 16.8 Å². The van der Waals surface area contributed by atoms with E-state index in [0.717, 1.165) is 18.2 Å². The fraction of sp³-hybridized carbons (Fsp3) is 0. The van der Waals surface area contributed by atoms with Crippen molar-refractivity contribution in [2.75, 3.05) is 0 Å². The minimum atomic E-state index is -4.99. The van der Waals surface area contributed by atoms with Gasteiger partial charge in [-0.15, -0.1) is 0 Å². The van der Waals surface area contributed by atoms with Crippen LogP contribution in [0.4, 0.5) is 0 Å². The van der Waals surface area contributed by atoms with Crippen molar-refractivity contribution in [1.82, 2.24) is 0 Å². The molecule has 1 aromatic heterocycles. The summed E-state index contributed by atoms with van der Waals surface area (Å²) in [5.41, 5.74) is -1.55. The van der Waals surface area contributed by atoms with Crippen molar-refractivity contribution < 1.29 is 43.8 Å². The van der Waals surface area contributed by atoms with Gasteiger partial charge in [-0.05, 0) is 6.07 Å². The lowest BCUT2D eigenvalue weighted by atomic mass is 10.2. The standard InChI is InChI=1S/C9H6O11S2/c10-5-3-6-4(1-7(5)19-21(12,13)14)2-8(9(11)18-6)20-22(15,16)17/h1-3,10H,(H,12,13,14)(H,15,16,17). The lowest BCUT2D eigenvalue weighted by molar-refractivity contribution is 0.370. The number of benzene rings is 1. The van der Waals surface area contributed by atoms with Crippen LogP contribution < -0.4 is 14.0 Å². The summed E-state index contributed by atoms with van der Waals surface area (Å²) in [6.45, 7) is 0. The van der Waals surface area contributed by atoms with E-state index in [2.05, 4.69) is 12.8 Å².